The largest absolute Gasteiger partial charge is 0.482 e. The van der Waals surface area contributed by atoms with Gasteiger partial charge in [-0.15, -0.1) is 0 Å². The molecule has 2 atom stereocenters. The number of rotatable bonds is 7. The van der Waals surface area contributed by atoms with Crippen LogP contribution in [0.5, 0.6) is 5.75 Å². The number of carbonyl (C=O) groups is 2. The average molecular weight is 397 g/mol. The van der Waals surface area contributed by atoms with E-state index in [1.54, 1.807) is 24.1 Å². The van der Waals surface area contributed by atoms with Crippen molar-refractivity contribution in [1.29, 1.82) is 0 Å². The van der Waals surface area contributed by atoms with Crippen molar-refractivity contribution in [3.05, 3.63) is 65.2 Å². The van der Waals surface area contributed by atoms with Crippen LogP contribution in [0.2, 0.25) is 0 Å². The molecule has 0 saturated carbocycles. The number of hydrogen-bond donors (Lipinski definition) is 1. The van der Waals surface area contributed by atoms with Gasteiger partial charge in [-0.3, -0.25) is 4.79 Å². The van der Waals surface area contributed by atoms with Gasteiger partial charge in [0.2, 0.25) is 5.91 Å². The maximum absolute atomic E-state index is 13.2. The van der Waals surface area contributed by atoms with Crippen LogP contribution in [0.3, 0.4) is 0 Å². The van der Waals surface area contributed by atoms with Crippen LogP contribution in [0.4, 0.5) is 0 Å². The molecule has 0 radical (unpaired) electrons. The Kier molecular flexibility index (Phi) is 6.88. The SMILES string of the molecule is Cc1ccc(C2OCCCC2C(=O)N(C)Cc2ccc(OCC(=O)O)cc2)cc1. The molecule has 0 aromatic heterocycles. The highest BCUT2D eigenvalue weighted by Crippen LogP contribution is 2.35. The van der Waals surface area contributed by atoms with Crippen molar-refractivity contribution in [2.75, 3.05) is 20.3 Å². The lowest BCUT2D eigenvalue weighted by molar-refractivity contribution is -0.144. The first kappa shape index (κ1) is 20.9. The molecule has 1 fully saturated rings. The van der Waals surface area contributed by atoms with Crippen LogP contribution in [0.25, 0.3) is 0 Å². The standard InChI is InChI=1S/C23H27NO5/c1-16-5-9-18(10-6-16)22-20(4-3-13-28-22)23(27)24(2)14-17-7-11-19(12-8-17)29-15-21(25)26/h5-12,20,22H,3-4,13-15H2,1-2H3,(H,25,26). The van der Waals surface area contributed by atoms with Crippen molar-refractivity contribution in [1.82, 2.24) is 4.90 Å². The molecule has 0 aliphatic carbocycles. The summed E-state index contributed by atoms with van der Waals surface area (Å²) in [5.41, 5.74) is 3.18. The first-order chi connectivity index (χ1) is 13.9. The molecule has 1 heterocycles. The number of carboxylic acids is 1. The zero-order chi connectivity index (χ0) is 20.8. The molecule has 2 aromatic rings. The topological polar surface area (TPSA) is 76.1 Å². The van der Waals surface area contributed by atoms with E-state index in [2.05, 4.69) is 0 Å². The third-order valence-electron chi connectivity index (χ3n) is 5.13. The Morgan fingerprint density at radius 2 is 1.83 bits per heavy atom. The zero-order valence-corrected chi connectivity index (χ0v) is 16.8. The van der Waals surface area contributed by atoms with Crippen LogP contribution in [-0.4, -0.2) is 42.1 Å². The van der Waals surface area contributed by atoms with Crippen molar-refractivity contribution < 1.29 is 24.2 Å². The van der Waals surface area contributed by atoms with E-state index < -0.39 is 5.97 Å². The van der Waals surface area contributed by atoms with E-state index in [4.69, 9.17) is 14.6 Å². The molecule has 6 heteroatoms. The monoisotopic (exact) mass is 397 g/mol. The summed E-state index contributed by atoms with van der Waals surface area (Å²) in [6, 6.07) is 15.3. The Morgan fingerprint density at radius 1 is 1.14 bits per heavy atom. The molecule has 0 spiro atoms. The molecular weight excluding hydrogens is 370 g/mol. The number of aryl methyl sites for hydroxylation is 1. The number of aliphatic carboxylic acids is 1. The van der Waals surface area contributed by atoms with Gasteiger partial charge in [0.15, 0.2) is 6.61 Å². The molecule has 1 N–H and O–H groups in total. The van der Waals surface area contributed by atoms with E-state index in [1.807, 2.05) is 43.3 Å². The second kappa shape index (κ2) is 9.56. The summed E-state index contributed by atoms with van der Waals surface area (Å²) in [4.78, 5) is 25.5. The molecule has 154 valence electrons. The van der Waals surface area contributed by atoms with Gasteiger partial charge in [-0.25, -0.2) is 4.79 Å². The number of ether oxygens (including phenoxy) is 2. The fourth-order valence-corrected chi connectivity index (χ4v) is 3.59. The second-order valence-electron chi connectivity index (χ2n) is 7.47. The lowest BCUT2D eigenvalue weighted by atomic mass is 9.88. The highest BCUT2D eigenvalue weighted by Gasteiger charge is 2.34. The lowest BCUT2D eigenvalue weighted by Gasteiger charge is -2.34. The van der Waals surface area contributed by atoms with E-state index in [9.17, 15) is 9.59 Å². The molecule has 1 aliphatic heterocycles. The quantitative estimate of drug-likeness (QED) is 0.773. The summed E-state index contributed by atoms with van der Waals surface area (Å²) in [6.45, 7) is 2.80. The number of benzene rings is 2. The summed E-state index contributed by atoms with van der Waals surface area (Å²) in [5, 5.41) is 8.67. The second-order valence-corrected chi connectivity index (χ2v) is 7.47. The minimum Gasteiger partial charge on any atom is -0.482 e. The molecule has 0 bridgehead atoms. The minimum atomic E-state index is -1.02. The smallest absolute Gasteiger partial charge is 0.341 e. The summed E-state index contributed by atoms with van der Waals surface area (Å²) in [7, 11) is 1.80. The maximum atomic E-state index is 13.2. The number of carbonyl (C=O) groups excluding carboxylic acids is 1. The van der Waals surface area contributed by atoms with E-state index in [0.717, 1.165) is 24.0 Å². The number of hydrogen-bond acceptors (Lipinski definition) is 4. The van der Waals surface area contributed by atoms with E-state index in [0.29, 0.717) is 18.9 Å². The number of carboxylic acid groups (broad SMARTS) is 1. The molecule has 2 unspecified atom stereocenters. The molecule has 2 aromatic carbocycles. The Morgan fingerprint density at radius 3 is 2.48 bits per heavy atom. The first-order valence-electron chi connectivity index (χ1n) is 9.80. The zero-order valence-electron chi connectivity index (χ0n) is 16.8. The molecule has 1 amide bonds. The Balaban J connectivity index is 1.64. The predicted octanol–water partition coefficient (Wildman–Crippen LogP) is 3.58. The van der Waals surface area contributed by atoms with Gasteiger partial charge in [-0.05, 0) is 43.0 Å². The third-order valence-corrected chi connectivity index (χ3v) is 5.13. The average Bonchev–Trinajstić information content (AvgIpc) is 2.73. The van der Waals surface area contributed by atoms with Crippen LogP contribution in [-0.2, 0) is 20.9 Å². The van der Waals surface area contributed by atoms with Gasteiger partial charge in [0.05, 0.1) is 12.0 Å². The molecule has 6 nitrogen and oxygen atoms in total. The highest BCUT2D eigenvalue weighted by atomic mass is 16.5. The van der Waals surface area contributed by atoms with Crippen LogP contribution >= 0.6 is 0 Å². The van der Waals surface area contributed by atoms with Gasteiger partial charge in [0.25, 0.3) is 0 Å². The van der Waals surface area contributed by atoms with Gasteiger partial charge >= 0.3 is 5.97 Å². The lowest BCUT2D eigenvalue weighted by Crippen LogP contribution is -2.38. The Bertz CT molecular complexity index is 831. The van der Waals surface area contributed by atoms with Gasteiger partial charge in [0, 0.05) is 20.2 Å². The molecule has 1 saturated heterocycles. The van der Waals surface area contributed by atoms with E-state index in [1.165, 1.54) is 5.56 Å². The van der Waals surface area contributed by atoms with Crippen molar-refractivity contribution in [3.63, 3.8) is 0 Å². The fraction of sp³-hybridized carbons (Fsp3) is 0.391. The highest BCUT2D eigenvalue weighted by molar-refractivity contribution is 5.79. The summed E-state index contributed by atoms with van der Waals surface area (Å²) in [5.74, 6) is -0.654. The van der Waals surface area contributed by atoms with E-state index >= 15 is 0 Å². The minimum absolute atomic E-state index is 0.0708. The van der Waals surface area contributed by atoms with Crippen LogP contribution in [0, 0.1) is 12.8 Å². The fourth-order valence-electron chi connectivity index (χ4n) is 3.59. The summed E-state index contributed by atoms with van der Waals surface area (Å²) >= 11 is 0. The van der Waals surface area contributed by atoms with Crippen LogP contribution < -0.4 is 4.74 Å². The van der Waals surface area contributed by atoms with Crippen molar-refractivity contribution in [2.24, 2.45) is 5.92 Å². The number of amides is 1. The number of nitrogens with zero attached hydrogens (tertiary/aromatic N) is 1. The molecular formula is C23H27NO5. The Hall–Kier alpha value is -2.86. The van der Waals surface area contributed by atoms with Gasteiger partial charge < -0.3 is 19.5 Å². The molecule has 3 rings (SSSR count). The van der Waals surface area contributed by atoms with Crippen LogP contribution in [0.15, 0.2) is 48.5 Å². The summed E-state index contributed by atoms with van der Waals surface area (Å²) in [6.07, 6.45) is 1.47. The third kappa shape index (κ3) is 5.57. The Labute approximate surface area is 171 Å². The van der Waals surface area contributed by atoms with Crippen molar-refractivity contribution in [3.8, 4) is 5.75 Å². The van der Waals surface area contributed by atoms with Gasteiger partial charge in [0.1, 0.15) is 5.75 Å². The van der Waals surface area contributed by atoms with Crippen LogP contribution in [0.1, 0.15) is 35.6 Å². The van der Waals surface area contributed by atoms with Crippen molar-refractivity contribution in [2.45, 2.75) is 32.4 Å². The predicted molar refractivity (Wildman–Crippen MR) is 109 cm³/mol. The maximum Gasteiger partial charge on any atom is 0.341 e. The summed E-state index contributed by atoms with van der Waals surface area (Å²) < 4.78 is 11.1. The van der Waals surface area contributed by atoms with E-state index in [-0.39, 0.29) is 24.5 Å². The molecule has 29 heavy (non-hydrogen) atoms. The van der Waals surface area contributed by atoms with Gasteiger partial charge in [-0.1, -0.05) is 42.0 Å². The van der Waals surface area contributed by atoms with Crippen molar-refractivity contribution >= 4 is 11.9 Å². The van der Waals surface area contributed by atoms with Gasteiger partial charge in [-0.2, -0.15) is 0 Å². The normalized spacial score (nSPS) is 18.8. The molecule has 1 aliphatic rings. The first-order valence-corrected chi connectivity index (χ1v) is 9.80.